The third-order valence-electron chi connectivity index (χ3n) is 2.42. The molecule has 0 atom stereocenters. The quantitative estimate of drug-likeness (QED) is 0.838. The van der Waals surface area contributed by atoms with Gasteiger partial charge in [-0.05, 0) is 48.0 Å². The molecule has 0 fully saturated rings. The van der Waals surface area contributed by atoms with Crippen LogP contribution in [0.5, 0.6) is 0 Å². The number of ether oxygens (including phenoxy) is 1. The second-order valence-corrected chi connectivity index (χ2v) is 5.68. The van der Waals surface area contributed by atoms with Crippen LogP contribution in [0.25, 0.3) is 0 Å². The average molecular weight is 318 g/mol. The minimum absolute atomic E-state index is 0.141. The van der Waals surface area contributed by atoms with Crippen molar-refractivity contribution >= 4 is 34.5 Å². The van der Waals surface area contributed by atoms with Crippen LogP contribution in [0.15, 0.2) is 27.6 Å². The Hall–Kier alpha value is -0.520. The number of benzene rings is 1. The molecule has 1 N–H and O–H groups in total. The van der Waals surface area contributed by atoms with Crippen LogP contribution in [0, 0.1) is 0 Å². The van der Waals surface area contributed by atoms with Gasteiger partial charge in [-0.1, -0.05) is 0 Å². The summed E-state index contributed by atoms with van der Waals surface area (Å²) in [7, 11) is 1.62. The largest absolute Gasteiger partial charge is 0.377 e. The molecule has 0 aromatic heterocycles. The lowest BCUT2D eigenvalue weighted by Gasteiger charge is -2.23. The summed E-state index contributed by atoms with van der Waals surface area (Å²) in [5.74, 6) is -0.141. The van der Waals surface area contributed by atoms with E-state index in [1.54, 1.807) is 19.2 Å². The van der Waals surface area contributed by atoms with Crippen molar-refractivity contribution in [1.29, 1.82) is 0 Å². The van der Waals surface area contributed by atoms with Crippen molar-refractivity contribution in [3.63, 3.8) is 0 Å². The molecular weight excluding hydrogens is 302 g/mol. The molecule has 0 aliphatic carbocycles. The number of halogens is 1. The summed E-state index contributed by atoms with van der Waals surface area (Å²) >= 11 is 7.56. The van der Waals surface area contributed by atoms with Crippen molar-refractivity contribution in [2.24, 2.45) is 0 Å². The third-order valence-corrected chi connectivity index (χ3v) is 3.39. The lowest BCUT2D eigenvalue weighted by molar-refractivity contribution is 0.0228. The maximum Gasteiger partial charge on any atom is 0.252 e. The van der Waals surface area contributed by atoms with Gasteiger partial charge in [0.05, 0.1) is 11.2 Å². The molecule has 0 aliphatic heterocycles. The van der Waals surface area contributed by atoms with Gasteiger partial charge in [-0.25, -0.2) is 0 Å². The highest BCUT2D eigenvalue weighted by atomic mass is 79.9. The van der Waals surface area contributed by atoms with Gasteiger partial charge in [0.15, 0.2) is 0 Å². The number of rotatable bonds is 4. The fourth-order valence-electron chi connectivity index (χ4n) is 1.15. The third kappa shape index (κ3) is 4.33. The number of nitrogens with one attached hydrogen (secondary N) is 1. The lowest BCUT2D eigenvalue weighted by atomic mass is 10.1. The zero-order valence-corrected chi connectivity index (χ0v) is 12.6. The van der Waals surface area contributed by atoms with Gasteiger partial charge in [0, 0.05) is 23.0 Å². The van der Waals surface area contributed by atoms with Crippen molar-refractivity contribution in [1.82, 2.24) is 5.32 Å². The van der Waals surface area contributed by atoms with Crippen molar-refractivity contribution in [2.45, 2.75) is 24.3 Å². The smallest absolute Gasteiger partial charge is 0.252 e. The zero-order chi connectivity index (χ0) is 13.1. The number of methoxy groups -OCH3 is 1. The molecule has 0 heterocycles. The van der Waals surface area contributed by atoms with E-state index in [1.165, 1.54) is 0 Å². The van der Waals surface area contributed by atoms with E-state index in [-0.39, 0.29) is 11.5 Å². The minimum Gasteiger partial charge on any atom is -0.377 e. The number of hydrogen-bond acceptors (Lipinski definition) is 3. The highest BCUT2D eigenvalue weighted by molar-refractivity contribution is 9.10. The standard InChI is InChI=1S/C12H16BrNO2S/c1-12(2,16-3)7-14-11(15)9-6-8(17)4-5-10(9)13/h4-6,17H,7H2,1-3H3,(H,14,15). The number of hydrogen-bond donors (Lipinski definition) is 2. The molecule has 0 bridgehead atoms. The lowest BCUT2D eigenvalue weighted by Crippen LogP contribution is -2.39. The summed E-state index contributed by atoms with van der Waals surface area (Å²) in [6.45, 7) is 4.28. The van der Waals surface area contributed by atoms with Crippen LogP contribution in [0.3, 0.4) is 0 Å². The molecule has 3 nitrogen and oxygen atoms in total. The van der Waals surface area contributed by atoms with Gasteiger partial charge < -0.3 is 10.1 Å². The van der Waals surface area contributed by atoms with Crippen LogP contribution in [-0.2, 0) is 4.74 Å². The molecule has 5 heteroatoms. The molecule has 1 amide bonds. The molecule has 0 saturated carbocycles. The molecule has 1 aromatic carbocycles. The van der Waals surface area contributed by atoms with Crippen LogP contribution in [-0.4, -0.2) is 25.2 Å². The van der Waals surface area contributed by atoms with E-state index in [2.05, 4.69) is 33.9 Å². The van der Waals surface area contributed by atoms with E-state index < -0.39 is 0 Å². The van der Waals surface area contributed by atoms with Crippen LogP contribution in [0.1, 0.15) is 24.2 Å². The average Bonchev–Trinajstić information content (AvgIpc) is 2.29. The molecule has 17 heavy (non-hydrogen) atoms. The van der Waals surface area contributed by atoms with Crippen LogP contribution < -0.4 is 5.32 Å². The maximum absolute atomic E-state index is 11.9. The Morgan fingerprint density at radius 2 is 2.18 bits per heavy atom. The predicted octanol–water partition coefficient (Wildman–Crippen LogP) is 2.89. The Balaban J connectivity index is 2.74. The number of carbonyl (C=O) groups excluding carboxylic acids is 1. The molecule has 1 aromatic rings. The predicted molar refractivity (Wildman–Crippen MR) is 74.8 cm³/mol. The van der Waals surface area contributed by atoms with Crippen molar-refractivity contribution in [3.8, 4) is 0 Å². The summed E-state index contributed by atoms with van der Waals surface area (Å²) in [6, 6.07) is 5.35. The van der Waals surface area contributed by atoms with Crippen molar-refractivity contribution in [2.75, 3.05) is 13.7 Å². The topological polar surface area (TPSA) is 38.3 Å². The first-order valence-corrected chi connectivity index (χ1v) is 6.41. The van der Waals surface area contributed by atoms with Crippen LogP contribution in [0.4, 0.5) is 0 Å². The summed E-state index contributed by atoms with van der Waals surface area (Å²) < 4.78 is 5.99. The summed E-state index contributed by atoms with van der Waals surface area (Å²) in [5, 5.41) is 2.83. The number of carbonyl (C=O) groups is 1. The Labute approximate surface area is 115 Å². The highest BCUT2D eigenvalue weighted by Gasteiger charge is 2.18. The molecule has 0 radical (unpaired) electrons. The van der Waals surface area contributed by atoms with E-state index in [0.717, 1.165) is 9.37 Å². The monoisotopic (exact) mass is 317 g/mol. The van der Waals surface area contributed by atoms with Crippen molar-refractivity contribution in [3.05, 3.63) is 28.2 Å². The molecule has 94 valence electrons. The van der Waals surface area contributed by atoms with E-state index in [4.69, 9.17) is 4.74 Å². The summed E-state index contributed by atoms with van der Waals surface area (Å²) in [6.07, 6.45) is 0. The van der Waals surface area contributed by atoms with Gasteiger partial charge in [0.1, 0.15) is 0 Å². The number of thiol groups is 1. The van der Waals surface area contributed by atoms with Crippen molar-refractivity contribution < 1.29 is 9.53 Å². The van der Waals surface area contributed by atoms with Crippen LogP contribution in [0.2, 0.25) is 0 Å². The Bertz CT molecular complexity index is 421. The van der Waals surface area contributed by atoms with Gasteiger partial charge in [0.2, 0.25) is 0 Å². The maximum atomic E-state index is 11.9. The second kappa shape index (κ2) is 5.89. The first kappa shape index (κ1) is 14.5. The molecule has 0 spiro atoms. The zero-order valence-electron chi connectivity index (χ0n) is 10.1. The van der Waals surface area contributed by atoms with Gasteiger partial charge in [0.25, 0.3) is 5.91 Å². The normalized spacial score (nSPS) is 11.4. The van der Waals surface area contributed by atoms with Gasteiger partial charge in [-0.15, -0.1) is 12.6 Å². The van der Waals surface area contributed by atoms with E-state index >= 15 is 0 Å². The first-order chi connectivity index (χ1) is 7.85. The summed E-state index contributed by atoms with van der Waals surface area (Å²) in [4.78, 5) is 12.7. The Kier molecular flexibility index (Phi) is 5.04. The van der Waals surface area contributed by atoms with Crippen LogP contribution >= 0.6 is 28.6 Å². The molecule has 1 rings (SSSR count). The van der Waals surface area contributed by atoms with E-state index in [9.17, 15) is 4.79 Å². The Morgan fingerprint density at radius 1 is 1.53 bits per heavy atom. The van der Waals surface area contributed by atoms with E-state index in [1.807, 2.05) is 19.9 Å². The Morgan fingerprint density at radius 3 is 2.76 bits per heavy atom. The molecule has 0 saturated heterocycles. The minimum atomic E-state index is -0.374. The molecule has 0 unspecified atom stereocenters. The SMILES string of the molecule is COC(C)(C)CNC(=O)c1cc(S)ccc1Br. The van der Waals surface area contributed by atoms with Gasteiger partial charge >= 0.3 is 0 Å². The molecule has 0 aliphatic rings. The number of amides is 1. The first-order valence-electron chi connectivity index (χ1n) is 5.17. The molecular formula is C12H16BrNO2S. The second-order valence-electron chi connectivity index (χ2n) is 4.31. The summed E-state index contributed by atoms with van der Waals surface area (Å²) in [5.41, 5.74) is 0.199. The van der Waals surface area contributed by atoms with Gasteiger partial charge in [-0.3, -0.25) is 4.79 Å². The fourth-order valence-corrected chi connectivity index (χ4v) is 1.78. The van der Waals surface area contributed by atoms with Gasteiger partial charge in [-0.2, -0.15) is 0 Å². The van der Waals surface area contributed by atoms with E-state index in [0.29, 0.717) is 12.1 Å². The highest BCUT2D eigenvalue weighted by Crippen LogP contribution is 2.20. The fraction of sp³-hybridized carbons (Fsp3) is 0.417.